The maximum absolute atomic E-state index is 12.3. The molecule has 88 valence electrons. The minimum absolute atomic E-state index is 0.0559. The lowest BCUT2D eigenvalue weighted by Gasteiger charge is -2.22. The summed E-state index contributed by atoms with van der Waals surface area (Å²) in [6.07, 6.45) is 5.33. The minimum atomic E-state index is -0.287. The fourth-order valence-corrected chi connectivity index (χ4v) is 3.58. The van der Waals surface area contributed by atoms with Crippen LogP contribution in [0.4, 0.5) is 0 Å². The maximum Gasteiger partial charge on any atom is 0.233 e. The van der Waals surface area contributed by atoms with Crippen LogP contribution in [0.5, 0.6) is 0 Å². The van der Waals surface area contributed by atoms with Crippen molar-refractivity contribution in [3.63, 3.8) is 0 Å². The van der Waals surface area contributed by atoms with Gasteiger partial charge in [0.05, 0.1) is 24.3 Å². The number of carbonyl (C=O) groups excluding carboxylic acids is 2. The van der Waals surface area contributed by atoms with Gasteiger partial charge in [-0.3, -0.25) is 14.5 Å². The minimum Gasteiger partial charge on any atom is -0.278 e. The summed E-state index contributed by atoms with van der Waals surface area (Å²) in [6, 6.07) is 1.74. The Balaban J connectivity index is 1.90. The van der Waals surface area contributed by atoms with Crippen molar-refractivity contribution in [3.05, 3.63) is 12.2 Å². The van der Waals surface area contributed by atoms with Crippen molar-refractivity contribution in [2.45, 2.75) is 25.8 Å². The van der Waals surface area contributed by atoms with Gasteiger partial charge in [0, 0.05) is 6.04 Å². The van der Waals surface area contributed by atoms with Crippen LogP contribution in [0.3, 0.4) is 0 Å². The molecule has 3 aliphatic rings. The van der Waals surface area contributed by atoms with E-state index in [1.807, 2.05) is 6.07 Å². The second kappa shape index (κ2) is 3.43. The summed E-state index contributed by atoms with van der Waals surface area (Å²) in [5.74, 6) is 0.109. The summed E-state index contributed by atoms with van der Waals surface area (Å²) in [5, 5.41) is 8.68. The fraction of sp³-hybridized carbons (Fsp3) is 0.615. The number of imide groups is 1. The standard InChI is InChI=1S/C13H14N2O2/c1-7(4-5-14)15-12(16)10-8-2-3-9(6-8)11(10)13(15)17/h2-3,7-11H,4,6H2,1H3. The molecule has 1 heterocycles. The summed E-state index contributed by atoms with van der Waals surface area (Å²) >= 11 is 0. The summed E-state index contributed by atoms with van der Waals surface area (Å²) in [5.41, 5.74) is 0. The number of likely N-dealkylation sites (tertiary alicyclic amines) is 1. The zero-order valence-corrected chi connectivity index (χ0v) is 9.67. The van der Waals surface area contributed by atoms with Crippen molar-refractivity contribution in [3.8, 4) is 6.07 Å². The lowest BCUT2D eigenvalue weighted by atomic mass is 9.85. The SMILES string of the molecule is CC(CC#N)N1C(=O)C2C3C=CC(C3)C2C1=O. The molecule has 5 unspecified atom stereocenters. The first-order valence-electron chi connectivity index (χ1n) is 6.07. The molecule has 1 saturated carbocycles. The monoisotopic (exact) mass is 230 g/mol. The molecule has 4 heteroatoms. The molecule has 0 N–H and O–H groups in total. The molecule has 17 heavy (non-hydrogen) atoms. The highest BCUT2D eigenvalue weighted by Gasteiger charge is 2.59. The zero-order chi connectivity index (χ0) is 12.2. The van der Waals surface area contributed by atoms with Gasteiger partial charge in [0.2, 0.25) is 11.8 Å². The van der Waals surface area contributed by atoms with Crippen LogP contribution in [0.15, 0.2) is 12.2 Å². The van der Waals surface area contributed by atoms with Gasteiger partial charge >= 0.3 is 0 Å². The number of allylic oxidation sites excluding steroid dienone is 2. The summed E-state index contributed by atoms with van der Waals surface area (Å²) in [7, 11) is 0. The summed E-state index contributed by atoms with van der Waals surface area (Å²) < 4.78 is 0. The third-order valence-corrected chi connectivity index (χ3v) is 4.33. The Labute approximate surface area is 99.9 Å². The predicted molar refractivity (Wildman–Crippen MR) is 59.3 cm³/mol. The van der Waals surface area contributed by atoms with E-state index in [0.717, 1.165) is 6.42 Å². The first-order valence-corrected chi connectivity index (χ1v) is 6.07. The highest BCUT2D eigenvalue weighted by Crippen LogP contribution is 2.52. The van der Waals surface area contributed by atoms with Crippen LogP contribution in [0, 0.1) is 35.0 Å². The first-order chi connectivity index (χ1) is 8.15. The van der Waals surface area contributed by atoms with Gasteiger partial charge in [-0.05, 0) is 25.2 Å². The van der Waals surface area contributed by atoms with Crippen molar-refractivity contribution in [1.82, 2.24) is 4.90 Å². The molecule has 0 spiro atoms. The highest BCUT2D eigenvalue weighted by molar-refractivity contribution is 6.06. The Bertz CT molecular complexity index is 433. The molecule has 5 atom stereocenters. The molecule has 2 bridgehead atoms. The second-order valence-corrected chi connectivity index (χ2v) is 5.26. The van der Waals surface area contributed by atoms with Crippen LogP contribution in [0.2, 0.25) is 0 Å². The molecular formula is C13H14N2O2. The van der Waals surface area contributed by atoms with Gasteiger partial charge in [-0.1, -0.05) is 12.2 Å². The number of fused-ring (bicyclic) bond motifs is 5. The average Bonchev–Trinajstić information content (AvgIpc) is 2.93. The molecule has 4 nitrogen and oxygen atoms in total. The summed E-state index contributed by atoms with van der Waals surface area (Å²) in [4.78, 5) is 25.9. The van der Waals surface area contributed by atoms with E-state index in [2.05, 4.69) is 12.2 Å². The van der Waals surface area contributed by atoms with Crippen LogP contribution < -0.4 is 0 Å². The molecule has 1 aliphatic heterocycles. The van der Waals surface area contributed by atoms with Crippen LogP contribution >= 0.6 is 0 Å². The van der Waals surface area contributed by atoms with E-state index in [0.29, 0.717) is 0 Å². The fourth-order valence-electron chi connectivity index (χ4n) is 3.58. The largest absolute Gasteiger partial charge is 0.278 e. The molecule has 1 saturated heterocycles. The van der Waals surface area contributed by atoms with Gasteiger partial charge in [-0.15, -0.1) is 0 Å². The normalized spacial score (nSPS) is 39.6. The molecule has 0 aromatic heterocycles. The van der Waals surface area contributed by atoms with E-state index >= 15 is 0 Å². The van der Waals surface area contributed by atoms with Gasteiger partial charge in [0.1, 0.15) is 0 Å². The molecule has 2 fully saturated rings. The number of amides is 2. The molecule has 0 aromatic rings. The maximum atomic E-state index is 12.3. The zero-order valence-electron chi connectivity index (χ0n) is 9.67. The third kappa shape index (κ3) is 1.22. The Kier molecular flexibility index (Phi) is 2.12. The molecule has 2 amide bonds. The van der Waals surface area contributed by atoms with Crippen molar-refractivity contribution < 1.29 is 9.59 Å². The smallest absolute Gasteiger partial charge is 0.233 e. The van der Waals surface area contributed by atoms with Crippen molar-refractivity contribution in [2.24, 2.45) is 23.7 Å². The third-order valence-electron chi connectivity index (χ3n) is 4.33. The van der Waals surface area contributed by atoms with Gasteiger partial charge in [0.15, 0.2) is 0 Å². The van der Waals surface area contributed by atoms with Gasteiger partial charge < -0.3 is 0 Å². The van der Waals surface area contributed by atoms with Crippen LogP contribution in [0.1, 0.15) is 19.8 Å². The first kappa shape index (κ1) is 10.5. The molecule has 0 aromatic carbocycles. The lowest BCUT2D eigenvalue weighted by molar-refractivity contribution is -0.142. The predicted octanol–water partition coefficient (Wildman–Crippen LogP) is 1.10. The number of nitriles is 1. The molecule has 3 rings (SSSR count). The molecule has 2 aliphatic carbocycles. The Morgan fingerprint density at radius 1 is 1.35 bits per heavy atom. The number of hydrogen-bond donors (Lipinski definition) is 0. The quantitative estimate of drug-likeness (QED) is 0.527. The molecule has 0 radical (unpaired) electrons. The number of carbonyl (C=O) groups is 2. The van der Waals surface area contributed by atoms with E-state index < -0.39 is 0 Å². The number of nitrogens with zero attached hydrogens (tertiary/aromatic N) is 2. The Morgan fingerprint density at radius 3 is 2.35 bits per heavy atom. The average molecular weight is 230 g/mol. The van der Waals surface area contributed by atoms with E-state index in [9.17, 15) is 9.59 Å². The van der Waals surface area contributed by atoms with Crippen LogP contribution in [-0.4, -0.2) is 22.8 Å². The number of rotatable bonds is 2. The summed E-state index contributed by atoms with van der Waals surface area (Å²) in [6.45, 7) is 1.77. The van der Waals surface area contributed by atoms with Gasteiger partial charge in [-0.25, -0.2) is 0 Å². The van der Waals surface area contributed by atoms with E-state index in [-0.39, 0.29) is 47.9 Å². The highest BCUT2D eigenvalue weighted by atomic mass is 16.2. The second-order valence-electron chi connectivity index (χ2n) is 5.26. The van der Waals surface area contributed by atoms with E-state index in [1.54, 1.807) is 6.92 Å². The number of hydrogen-bond acceptors (Lipinski definition) is 3. The van der Waals surface area contributed by atoms with Crippen LogP contribution in [0.25, 0.3) is 0 Å². The molecular weight excluding hydrogens is 216 g/mol. The van der Waals surface area contributed by atoms with E-state index in [4.69, 9.17) is 5.26 Å². The topological polar surface area (TPSA) is 61.2 Å². The van der Waals surface area contributed by atoms with Gasteiger partial charge in [-0.2, -0.15) is 5.26 Å². The van der Waals surface area contributed by atoms with Gasteiger partial charge in [0.25, 0.3) is 0 Å². The van der Waals surface area contributed by atoms with Crippen LogP contribution in [-0.2, 0) is 9.59 Å². The lowest BCUT2D eigenvalue weighted by Crippen LogP contribution is -2.40. The Hall–Kier alpha value is -1.63. The van der Waals surface area contributed by atoms with Crippen molar-refractivity contribution in [1.29, 1.82) is 5.26 Å². The van der Waals surface area contributed by atoms with Crippen molar-refractivity contribution in [2.75, 3.05) is 0 Å². The van der Waals surface area contributed by atoms with E-state index in [1.165, 1.54) is 4.90 Å². The van der Waals surface area contributed by atoms with Crippen molar-refractivity contribution >= 4 is 11.8 Å². The Morgan fingerprint density at radius 2 is 1.88 bits per heavy atom.